The van der Waals surface area contributed by atoms with Crippen molar-refractivity contribution in [1.29, 1.82) is 0 Å². The van der Waals surface area contributed by atoms with Crippen molar-refractivity contribution in [1.82, 2.24) is 4.90 Å². The van der Waals surface area contributed by atoms with Gasteiger partial charge < -0.3 is 10.0 Å². The molecule has 3 rings (SSSR count). The van der Waals surface area contributed by atoms with E-state index in [9.17, 15) is 14.7 Å². The first kappa shape index (κ1) is 26.0. The van der Waals surface area contributed by atoms with Crippen LogP contribution in [0.4, 0.5) is 5.69 Å². The van der Waals surface area contributed by atoms with Crippen molar-refractivity contribution >= 4 is 51.9 Å². The first-order chi connectivity index (χ1) is 16.4. The summed E-state index contributed by atoms with van der Waals surface area (Å²) >= 11 is 6.58. The van der Waals surface area contributed by atoms with Gasteiger partial charge in [-0.1, -0.05) is 93.1 Å². The predicted molar refractivity (Wildman–Crippen MR) is 145 cm³/mol. The van der Waals surface area contributed by atoms with E-state index in [0.717, 1.165) is 61.7 Å². The highest BCUT2D eigenvalue weighted by Crippen LogP contribution is 2.35. The van der Waals surface area contributed by atoms with Crippen LogP contribution in [0.25, 0.3) is 6.08 Å². The number of thioether (sulfide) groups is 1. The van der Waals surface area contributed by atoms with Crippen molar-refractivity contribution in [2.45, 2.75) is 52.0 Å². The number of thiocarbonyl (C=S) groups is 1. The van der Waals surface area contributed by atoms with Crippen molar-refractivity contribution in [2.75, 3.05) is 18.0 Å². The van der Waals surface area contributed by atoms with E-state index in [1.165, 1.54) is 10.6 Å². The quantitative estimate of drug-likeness (QED) is 0.288. The van der Waals surface area contributed by atoms with Crippen LogP contribution >= 0.6 is 24.0 Å². The highest BCUT2D eigenvalue weighted by atomic mass is 32.2. The predicted octanol–water partition coefficient (Wildman–Crippen LogP) is 5.99. The fourth-order valence-corrected chi connectivity index (χ4v) is 5.23. The summed E-state index contributed by atoms with van der Waals surface area (Å²) < 4.78 is 0.279. The Morgan fingerprint density at radius 2 is 1.68 bits per heavy atom. The highest BCUT2D eigenvalue weighted by molar-refractivity contribution is 8.26. The number of amides is 1. The second kappa shape index (κ2) is 12.7. The molecule has 7 heteroatoms. The van der Waals surface area contributed by atoms with Gasteiger partial charge in [0, 0.05) is 25.2 Å². The van der Waals surface area contributed by atoms with Crippen LogP contribution in [-0.2, 0) is 16.0 Å². The van der Waals surface area contributed by atoms with Crippen LogP contribution in [-0.4, -0.2) is 45.3 Å². The Labute approximate surface area is 211 Å². The third-order valence-corrected chi connectivity index (χ3v) is 7.14. The van der Waals surface area contributed by atoms with Crippen LogP contribution in [0.2, 0.25) is 0 Å². The van der Waals surface area contributed by atoms with E-state index in [2.05, 4.69) is 30.9 Å². The third-order valence-electron chi connectivity index (χ3n) is 5.81. The fraction of sp³-hybridized carbons (Fsp3) is 0.370. The van der Waals surface area contributed by atoms with Crippen molar-refractivity contribution in [2.24, 2.45) is 0 Å². The van der Waals surface area contributed by atoms with Gasteiger partial charge in [0.05, 0.1) is 4.91 Å². The summed E-state index contributed by atoms with van der Waals surface area (Å²) in [6.45, 7) is 6.47. The van der Waals surface area contributed by atoms with E-state index >= 15 is 0 Å². The second-order valence-corrected chi connectivity index (χ2v) is 10.1. The van der Waals surface area contributed by atoms with E-state index in [4.69, 9.17) is 12.2 Å². The molecule has 5 nitrogen and oxygen atoms in total. The molecule has 180 valence electrons. The summed E-state index contributed by atoms with van der Waals surface area (Å²) in [5.74, 6) is -1.42. The monoisotopic (exact) mass is 496 g/mol. The Morgan fingerprint density at radius 1 is 1.06 bits per heavy atom. The number of carboxylic acids is 1. The highest BCUT2D eigenvalue weighted by Gasteiger charge is 2.40. The standard InChI is InChI=1S/C27H32N2O3S2/c1-3-5-16-28(17-6-4-2)22-14-12-21(13-15-22)19-24-25(30)29(27(33)34-24)23(26(31)32)18-20-10-8-7-9-11-20/h7-15,19,23H,3-6,16-18H2,1-2H3,(H,31,32). The molecular weight excluding hydrogens is 464 g/mol. The number of aliphatic carboxylic acids is 1. The lowest BCUT2D eigenvalue weighted by atomic mass is 10.0. The van der Waals surface area contributed by atoms with Gasteiger partial charge in [-0.2, -0.15) is 0 Å². The number of hydrogen-bond acceptors (Lipinski definition) is 5. The molecule has 0 aliphatic carbocycles. The Morgan fingerprint density at radius 3 is 2.24 bits per heavy atom. The molecule has 1 aliphatic rings. The van der Waals surface area contributed by atoms with Crippen molar-refractivity contribution < 1.29 is 14.7 Å². The minimum absolute atomic E-state index is 0.204. The summed E-state index contributed by atoms with van der Waals surface area (Å²) in [5, 5.41) is 9.83. The van der Waals surface area contributed by atoms with Crippen LogP contribution in [0.15, 0.2) is 59.5 Å². The minimum atomic E-state index is -1.06. The SMILES string of the molecule is CCCCN(CCCC)c1ccc(C=C2SC(=S)N(C(Cc3ccccc3)C(=O)O)C2=O)cc1. The third kappa shape index (κ3) is 6.70. The lowest BCUT2D eigenvalue weighted by Crippen LogP contribution is -2.45. The van der Waals surface area contributed by atoms with E-state index in [0.29, 0.717) is 4.91 Å². The van der Waals surface area contributed by atoms with E-state index < -0.39 is 12.0 Å². The summed E-state index contributed by atoms with van der Waals surface area (Å²) in [5.41, 5.74) is 2.92. The Hall–Kier alpha value is -2.64. The van der Waals surface area contributed by atoms with Crippen LogP contribution < -0.4 is 4.90 Å². The van der Waals surface area contributed by atoms with Crippen LogP contribution in [0, 0.1) is 0 Å². The maximum Gasteiger partial charge on any atom is 0.327 e. The molecule has 0 bridgehead atoms. The molecular formula is C27H32N2O3S2. The summed E-state index contributed by atoms with van der Waals surface area (Å²) in [4.78, 5) is 29.3. The lowest BCUT2D eigenvalue weighted by Gasteiger charge is -2.24. The molecule has 2 aromatic rings. The number of carbonyl (C=O) groups is 2. The topological polar surface area (TPSA) is 60.9 Å². The Kier molecular flexibility index (Phi) is 9.72. The summed E-state index contributed by atoms with van der Waals surface area (Å²) in [7, 11) is 0. The van der Waals surface area contributed by atoms with Crippen molar-refractivity contribution in [3.05, 3.63) is 70.6 Å². The number of carbonyl (C=O) groups excluding carboxylic acids is 1. The fourth-order valence-electron chi connectivity index (χ4n) is 3.88. The van der Waals surface area contributed by atoms with Gasteiger partial charge in [0.1, 0.15) is 10.4 Å². The van der Waals surface area contributed by atoms with Crippen LogP contribution in [0.3, 0.4) is 0 Å². The first-order valence-electron chi connectivity index (χ1n) is 11.8. The molecule has 1 fully saturated rings. The molecule has 0 aromatic heterocycles. The van der Waals surface area contributed by atoms with E-state index in [1.54, 1.807) is 6.08 Å². The van der Waals surface area contributed by atoms with Gasteiger partial charge in [-0.25, -0.2) is 4.79 Å². The molecule has 1 aliphatic heterocycles. The smallest absolute Gasteiger partial charge is 0.327 e. The summed E-state index contributed by atoms with van der Waals surface area (Å²) in [6, 6.07) is 16.5. The number of carboxylic acid groups (broad SMARTS) is 1. The molecule has 1 heterocycles. The van der Waals surface area contributed by atoms with Gasteiger partial charge >= 0.3 is 5.97 Å². The van der Waals surface area contributed by atoms with E-state index in [1.807, 2.05) is 42.5 Å². The molecule has 1 saturated heterocycles. The maximum absolute atomic E-state index is 13.1. The van der Waals surface area contributed by atoms with Crippen molar-refractivity contribution in [3.63, 3.8) is 0 Å². The Bertz CT molecular complexity index is 1010. The normalized spacial score (nSPS) is 15.7. The van der Waals surface area contributed by atoms with Gasteiger partial charge in [0.2, 0.25) is 0 Å². The molecule has 2 aromatic carbocycles. The number of unbranched alkanes of at least 4 members (excludes halogenated alkanes) is 2. The van der Waals surface area contributed by atoms with Gasteiger partial charge in [-0.3, -0.25) is 9.69 Å². The number of benzene rings is 2. The van der Waals surface area contributed by atoms with Crippen LogP contribution in [0.1, 0.15) is 50.7 Å². The van der Waals surface area contributed by atoms with Gasteiger partial charge in [0.25, 0.3) is 5.91 Å². The average molecular weight is 497 g/mol. The van der Waals surface area contributed by atoms with Gasteiger partial charge in [0.15, 0.2) is 0 Å². The van der Waals surface area contributed by atoms with E-state index in [-0.39, 0.29) is 16.6 Å². The zero-order valence-electron chi connectivity index (χ0n) is 19.8. The number of nitrogens with zero attached hydrogens (tertiary/aromatic N) is 2. The van der Waals surface area contributed by atoms with Crippen LogP contribution in [0.5, 0.6) is 0 Å². The van der Waals surface area contributed by atoms with Crippen molar-refractivity contribution in [3.8, 4) is 0 Å². The van der Waals surface area contributed by atoms with Gasteiger partial charge in [-0.15, -0.1) is 0 Å². The molecule has 0 spiro atoms. The largest absolute Gasteiger partial charge is 0.480 e. The number of rotatable bonds is 12. The average Bonchev–Trinajstić information content (AvgIpc) is 3.11. The maximum atomic E-state index is 13.1. The number of hydrogen-bond donors (Lipinski definition) is 1. The second-order valence-electron chi connectivity index (χ2n) is 8.38. The molecule has 0 radical (unpaired) electrons. The Balaban J connectivity index is 1.76. The molecule has 34 heavy (non-hydrogen) atoms. The molecule has 0 saturated carbocycles. The lowest BCUT2D eigenvalue weighted by molar-refractivity contribution is -0.145. The minimum Gasteiger partial charge on any atom is -0.480 e. The zero-order chi connectivity index (χ0) is 24.5. The number of anilines is 1. The zero-order valence-corrected chi connectivity index (χ0v) is 21.4. The molecule has 1 amide bonds. The van der Waals surface area contributed by atoms with Gasteiger partial charge in [-0.05, 0) is 42.2 Å². The first-order valence-corrected chi connectivity index (χ1v) is 13.1. The molecule has 1 unspecified atom stereocenters. The molecule has 1 atom stereocenters. The summed E-state index contributed by atoms with van der Waals surface area (Å²) in [6.07, 6.45) is 6.63. The molecule has 1 N–H and O–H groups in total.